The van der Waals surface area contributed by atoms with Crippen molar-refractivity contribution in [3.8, 4) is 0 Å². The van der Waals surface area contributed by atoms with Crippen LogP contribution in [0.15, 0.2) is 0 Å². The molecule has 0 radical (unpaired) electrons. The summed E-state index contributed by atoms with van der Waals surface area (Å²) in [6.07, 6.45) is 1.59. The minimum absolute atomic E-state index is 0.0291. The number of carbonyl (C=O) groups is 1. The highest BCUT2D eigenvalue weighted by molar-refractivity contribution is 7.86. The second-order valence-corrected chi connectivity index (χ2v) is 5.50. The zero-order valence-electron chi connectivity index (χ0n) is 10.3. The van der Waals surface area contributed by atoms with Gasteiger partial charge in [0.05, 0.1) is 0 Å². The third-order valence-corrected chi connectivity index (χ3v) is 3.34. The molecule has 0 unspecified atom stereocenters. The van der Waals surface area contributed by atoms with Crippen LogP contribution in [0.4, 0.5) is 0 Å². The van der Waals surface area contributed by atoms with Crippen LogP contribution in [0.25, 0.3) is 0 Å². The van der Waals surface area contributed by atoms with Gasteiger partial charge in [-0.3, -0.25) is 4.79 Å². The van der Waals surface area contributed by atoms with Gasteiger partial charge >= 0.3 is 5.97 Å². The molecule has 0 fully saturated rings. The standard InChI is InChI=1S/C9H20N4O4S/c1-2-3-7(10)4-5-13(18(12,16)17)6-8(11)9(14)15/h8,10H,2-6,11H2,1H3,(H,14,15)(H2,12,16,17)/t8-/m0/s1. The van der Waals surface area contributed by atoms with Gasteiger partial charge in [0, 0.05) is 18.8 Å². The lowest BCUT2D eigenvalue weighted by Gasteiger charge is -2.21. The average Bonchev–Trinajstić information content (AvgIpc) is 2.22. The zero-order chi connectivity index (χ0) is 14.3. The number of nitrogens with zero attached hydrogens (tertiary/aromatic N) is 1. The van der Waals surface area contributed by atoms with Crippen molar-refractivity contribution >= 4 is 21.9 Å². The molecule has 9 heteroatoms. The van der Waals surface area contributed by atoms with E-state index >= 15 is 0 Å². The van der Waals surface area contributed by atoms with Crippen molar-refractivity contribution in [2.24, 2.45) is 10.9 Å². The van der Waals surface area contributed by atoms with Crippen molar-refractivity contribution in [1.82, 2.24) is 4.31 Å². The van der Waals surface area contributed by atoms with E-state index in [0.717, 1.165) is 10.7 Å². The van der Waals surface area contributed by atoms with E-state index in [1.165, 1.54) is 0 Å². The van der Waals surface area contributed by atoms with Crippen LogP contribution < -0.4 is 10.9 Å². The van der Waals surface area contributed by atoms with Crippen molar-refractivity contribution < 1.29 is 18.3 Å². The summed E-state index contributed by atoms with van der Waals surface area (Å²) in [6, 6.07) is -1.33. The number of carboxylic acids is 1. The van der Waals surface area contributed by atoms with Gasteiger partial charge in [0.25, 0.3) is 10.2 Å². The van der Waals surface area contributed by atoms with E-state index in [1.807, 2.05) is 6.92 Å². The fourth-order valence-electron chi connectivity index (χ4n) is 1.31. The zero-order valence-corrected chi connectivity index (χ0v) is 11.1. The Kier molecular flexibility index (Phi) is 6.99. The molecule has 0 saturated carbocycles. The minimum Gasteiger partial charge on any atom is -0.480 e. The highest BCUT2D eigenvalue weighted by atomic mass is 32.2. The molecular formula is C9H20N4O4S. The number of carboxylic acid groups (broad SMARTS) is 1. The molecule has 0 aliphatic heterocycles. The molecule has 8 nitrogen and oxygen atoms in total. The van der Waals surface area contributed by atoms with E-state index in [1.54, 1.807) is 0 Å². The lowest BCUT2D eigenvalue weighted by atomic mass is 10.1. The first-order valence-electron chi connectivity index (χ1n) is 5.51. The summed E-state index contributed by atoms with van der Waals surface area (Å²) in [4.78, 5) is 10.6. The lowest BCUT2D eigenvalue weighted by Crippen LogP contribution is -2.48. The summed E-state index contributed by atoms with van der Waals surface area (Å²) in [5, 5.41) is 21.1. The van der Waals surface area contributed by atoms with Gasteiger partial charge in [-0.2, -0.15) is 12.7 Å². The number of hydrogen-bond acceptors (Lipinski definition) is 5. The molecule has 0 heterocycles. The first-order chi connectivity index (χ1) is 8.18. The van der Waals surface area contributed by atoms with Crippen molar-refractivity contribution in [3.63, 3.8) is 0 Å². The van der Waals surface area contributed by atoms with Gasteiger partial charge in [0.1, 0.15) is 6.04 Å². The Balaban J connectivity index is 4.53. The van der Waals surface area contributed by atoms with Crippen LogP contribution in [0, 0.1) is 5.41 Å². The third-order valence-electron chi connectivity index (χ3n) is 2.29. The molecule has 0 amide bonds. The maximum absolute atomic E-state index is 11.2. The molecule has 0 aromatic carbocycles. The van der Waals surface area contributed by atoms with Gasteiger partial charge < -0.3 is 16.2 Å². The molecule has 18 heavy (non-hydrogen) atoms. The number of nitrogens with one attached hydrogen (secondary N) is 1. The van der Waals surface area contributed by atoms with Crippen LogP contribution >= 0.6 is 0 Å². The number of rotatable bonds is 9. The van der Waals surface area contributed by atoms with Crippen molar-refractivity contribution in [3.05, 3.63) is 0 Å². The predicted molar refractivity (Wildman–Crippen MR) is 67.5 cm³/mol. The van der Waals surface area contributed by atoms with Crippen LogP contribution in [0.3, 0.4) is 0 Å². The van der Waals surface area contributed by atoms with Gasteiger partial charge in [0.15, 0.2) is 0 Å². The average molecular weight is 280 g/mol. The van der Waals surface area contributed by atoms with E-state index in [-0.39, 0.29) is 13.0 Å². The Morgan fingerprint density at radius 3 is 2.39 bits per heavy atom. The Hall–Kier alpha value is -1.03. The van der Waals surface area contributed by atoms with Crippen LogP contribution in [0.1, 0.15) is 26.2 Å². The summed E-state index contributed by atoms with van der Waals surface area (Å²) in [5.74, 6) is -1.30. The van der Waals surface area contributed by atoms with Crippen molar-refractivity contribution in [2.45, 2.75) is 32.2 Å². The maximum Gasteiger partial charge on any atom is 0.321 e. The lowest BCUT2D eigenvalue weighted by molar-refractivity contribution is -0.138. The summed E-state index contributed by atoms with van der Waals surface area (Å²) in [6.45, 7) is 1.48. The largest absolute Gasteiger partial charge is 0.480 e. The van der Waals surface area contributed by atoms with Crippen LogP contribution in [0.5, 0.6) is 0 Å². The summed E-state index contributed by atoms with van der Waals surface area (Å²) >= 11 is 0. The van der Waals surface area contributed by atoms with Gasteiger partial charge in [-0.25, -0.2) is 5.14 Å². The van der Waals surface area contributed by atoms with Crippen LogP contribution in [-0.4, -0.2) is 48.6 Å². The maximum atomic E-state index is 11.2. The van der Waals surface area contributed by atoms with Gasteiger partial charge in [-0.1, -0.05) is 13.3 Å². The van der Waals surface area contributed by atoms with Gasteiger partial charge in [0.2, 0.25) is 0 Å². The first kappa shape index (κ1) is 17.0. The minimum atomic E-state index is -4.01. The molecular weight excluding hydrogens is 260 g/mol. The van der Waals surface area contributed by atoms with E-state index < -0.39 is 28.8 Å². The molecule has 0 rings (SSSR count). The third kappa shape index (κ3) is 6.64. The second kappa shape index (κ2) is 7.41. The van der Waals surface area contributed by atoms with E-state index in [9.17, 15) is 13.2 Å². The molecule has 0 spiro atoms. The van der Waals surface area contributed by atoms with Crippen molar-refractivity contribution in [2.75, 3.05) is 13.1 Å². The summed E-state index contributed by atoms with van der Waals surface area (Å²) in [5.41, 5.74) is 5.66. The molecule has 0 aromatic rings. The highest BCUT2D eigenvalue weighted by Crippen LogP contribution is 2.02. The van der Waals surface area contributed by atoms with Crippen LogP contribution in [-0.2, 0) is 15.0 Å². The quantitative estimate of drug-likeness (QED) is 0.404. The Labute approximate surface area is 107 Å². The fourth-order valence-corrected chi connectivity index (χ4v) is 2.02. The fraction of sp³-hybridized carbons (Fsp3) is 0.778. The normalized spacial score (nSPS) is 13.6. The van der Waals surface area contributed by atoms with E-state index in [4.69, 9.17) is 21.4 Å². The topological polar surface area (TPSA) is 151 Å². The summed E-state index contributed by atoms with van der Waals surface area (Å²) in [7, 11) is -4.01. The molecule has 0 bridgehead atoms. The predicted octanol–water partition coefficient (Wildman–Crippen LogP) is -0.886. The number of nitrogens with two attached hydrogens (primary N) is 2. The van der Waals surface area contributed by atoms with E-state index in [0.29, 0.717) is 12.1 Å². The van der Waals surface area contributed by atoms with Gasteiger partial charge in [-0.05, 0) is 12.8 Å². The second-order valence-electron chi connectivity index (χ2n) is 3.95. The molecule has 0 saturated heterocycles. The molecule has 0 aliphatic carbocycles. The number of aliphatic carboxylic acids is 1. The molecule has 0 aromatic heterocycles. The smallest absolute Gasteiger partial charge is 0.321 e. The molecule has 0 aliphatic rings. The molecule has 1 atom stereocenters. The Bertz CT molecular complexity index is 395. The van der Waals surface area contributed by atoms with Crippen molar-refractivity contribution in [1.29, 1.82) is 5.41 Å². The SMILES string of the molecule is CCCC(=N)CCN(C[C@H](N)C(=O)O)S(N)(=O)=O. The highest BCUT2D eigenvalue weighted by Gasteiger charge is 2.23. The molecule has 106 valence electrons. The monoisotopic (exact) mass is 280 g/mol. The molecule has 6 N–H and O–H groups in total. The van der Waals surface area contributed by atoms with Gasteiger partial charge in [-0.15, -0.1) is 0 Å². The van der Waals surface area contributed by atoms with E-state index in [2.05, 4.69) is 0 Å². The van der Waals surface area contributed by atoms with Crippen LogP contribution in [0.2, 0.25) is 0 Å². The Morgan fingerprint density at radius 2 is 2.00 bits per heavy atom. The number of hydrogen-bond donors (Lipinski definition) is 4. The summed E-state index contributed by atoms with van der Waals surface area (Å²) < 4.78 is 23.3. The first-order valence-corrected chi connectivity index (χ1v) is 7.01. The Morgan fingerprint density at radius 1 is 1.44 bits per heavy atom.